The minimum Gasteiger partial charge on any atom is -0.361 e. The van der Waals surface area contributed by atoms with Gasteiger partial charge in [-0.3, -0.25) is 4.79 Å². The first-order chi connectivity index (χ1) is 16.6. The minimum absolute atomic E-state index is 0.0182. The number of benzene rings is 1. The Bertz CT molecular complexity index is 1250. The Kier molecular flexibility index (Phi) is 6.05. The molecule has 2 aliphatic carbocycles. The molecule has 35 heavy (non-hydrogen) atoms. The molecule has 6 nitrogen and oxygen atoms in total. The molecule has 0 amide bonds. The molecule has 2 atom stereocenters. The lowest BCUT2D eigenvalue weighted by molar-refractivity contribution is -0.123. The molecule has 0 spiro atoms. The second kappa shape index (κ2) is 8.91. The molecule has 0 radical (unpaired) electrons. The van der Waals surface area contributed by atoms with E-state index < -0.39 is 36.4 Å². The van der Waals surface area contributed by atoms with Gasteiger partial charge in [-0.25, -0.2) is 13.2 Å². The van der Waals surface area contributed by atoms with Gasteiger partial charge in [-0.15, -0.1) is 10.2 Å². The second-order valence-corrected chi connectivity index (χ2v) is 10.5. The fourth-order valence-corrected chi connectivity index (χ4v) is 5.14. The van der Waals surface area contributed by atoms with E-state index in [0.717, 1.165) is 25.0 Å². The highest BCUT2D eigenvalue weighted by Crippen LogP contribution is 2.51. The Morgan fingerprint density at radius 1 is 1.20 bits per heavy atom. The van der Waals surface area contributed by atoms with Crippen molar-refractivity contribution in [2.75, 3.05) is 0 Å². The summed E-state index contributed by atoms with van der Waals surface area (Å²) < 4.78 is 50.2. The summed E-state index contributed by atoms with van der Waals surface area (Å²) in [7, 11) is 0. The number of nitrogens with zero attached hydrogens (tertiary/aromatic N) is 4. The van der Waals surface area contributed by atoms with Crippen LogP contribution in [-0.2, 0) is 17.6 Å². The van der Waals surface area contributed by atoms with Crippen LogP contribution in [0.1, 0.15) is 74.2 Å². The third-order valence-corrected chi connectivity index (χ3v) is 6.97. The first kappa shape index (κ1) is 23.8. The van der Waals surface area contributed by atoms with Crippen LogP contribution in [0.2, 0.25) is 0 Å². The Balaban J connectivity index is 1.46. The Hall–Kier alpha value is -2.97. The summed E-state index contributed by atoms with van der Waals surface area (Å²) in [6, 6.07) is 6.12. The zero-order valence-electron chi connectivity index (χ0n) is 20.1. The van der Waals surface area contributed by atoms with E-state index in [-0.39, 0.29) is 18.2 Å². The molecule has 3 aromatic rings. The van der Waals surface area contributed by atoms with Crippen LogP contribution in [0, 0.1) is 24.6 Å². The van der Waals surface area contributed by atoms with E-state index in [2.05, 4.69) is 29.2 Å². The zero-order chi connectivity index (χ0) is 24.9. The maximum atomic E-state index is 14.7. The number of ketones is 1. The monoisotopic (exact) mass is 486 g/mol. The van der Waals surface area contributed by atoms with Gasteiger partial charge in [-0.1, -0.05) is 25.1 Å². The van der Waals surface area contributed by atoms with Crippen LogP contribution in [0.4, 0.5) is 13.2 Å². The molecule has 2 aromatic heterocycles. The highest BCUT2D eigenvalue weighted by molar-refractivity contribution is 5.85. The average Bonchev–Trinajstić information content (AvgIpc) is 3.20. The maximum absolute atomic E-state index is 14.7. The fourth-order valence-electron chi connectivity index (χ4n) is 5.14. The van der Waals surface area contributed by atoms with Crippen molar-refractivity contribution in [1.29, 1.82) is 0 Å². The molecule has 5 rings (SSSR count). The molecule has 2 heterocycles. The molecular formula is C26H29F3N4O2. The van der Waals surface area contributed by atoms with E-state index in [1.807, 2.05) is 10.6 Å². The van der Waals surface area contributed by atoms with E-state index in [1.54, 1.807) is 13.0 Å². The smallest absolute Gasteiger partial charge is 0.249 e. The van der Waals surface area contributed by atoms with Crippen LogP contribution in [0.5, 0.6) is 0 Å². The van der Waals surface area contributed by atoms with Gasteiger partial charge >= 0.3 is 0 Å². The number of aryl methyl sites for hydroxylation is 1. The van der Waals surface area contributed by atoms with Gasteiger partial charge in [0.25, 0.3) is 0 Å². The molecule has 2 aliphatic rings. The van der Waals surface area contributed by atoms with Crippen LogP contribution in [-0.4, -0.2) is 31.6 Å². The van der Waals surface area contributed by atoms with Crippen molar-refractivity contribution in [1.82, 2.24) is 19.9 Å². The Morgan fingerprint density at radius 2 is 1.97 bits per heavy atom. The molecule has 0 saturated heterocycles. The van der Waals surface area contributed by atoms with Crippen LogP contribution >= 0.6 is 0 Å². The van der Waals surface area contributed by atoms with Gasteiger partial charge in [0, 0.05) is 49.6 Å². The standard InChI is InChI=1S/C26H29F3N4O2/c1-14(2)8-19-11-22(32-35-19)25-31-30-24(33(25)18-6-7-18)21-13-26(28,29)12-20(21)23(34)10-16-4-5-17(27)9-15(16)3/h4-5,9,11,14,18,20-21H,6-8,10,12-13H2,1-3H3/t20-,21-/m1/s1. The molecule has 0 unspecified atom stereocenters. The zero-order valence-corrected chi connectivity index (χ0v) is 20.1. The van der Waals surface area contributed by atoms with Crippen molar-refractivity contribution in [2.45, 2.75) is 77.2 Å². The molecule has 0 N–H and O–H groups in total. The molecule has 186 valence electrons. The Morgan fingerprint density at radius 3 is 2.66 bits per heavy atom. The molecule has 2 fully saturated rings. The first-order valence-corrected chi connectivity index (χ1v) is 12.2. The van der Waals surface area contributed by atoms with E-state index >= 15 is 0 Å². The van der Waals surface area contributed by atoms with Crippen molar-refractivity contribution in [3.8, 4) is 11.5 Å². The topological polar surface area (TPSA) is 73.8 Å². The summed E-state index contributed by atoms with van der Waals surface area (Å²) in [6.45, 7) is 5.88. The van der Waals surface area contributed by atoms with E-state index in [0.29, 0.717) is 34.4 Å². The predicted octanol–water partition coefficient (Wildman–Crippen LogP) is 5.85. The fraction of sp³-hybridized carbons (Fsp3) is 0.538. The molecule has 2 saturated carbocycles. The molecule has 0 bridgehead atoms. The number of carbonyl (C=O) groups is 1. The maximum Gasteiger partial charge on any atom is 0.249 e. The molecule has 1 aromatic carbocycles. The highest BCUT2D eigenvalue weighted by Gasteiger charge is 2.52. The highest BCUT2D eigenvalue weighted by atomic mass is 19.3. The van der Waals surface area contributed by atoms with Crippen LogP contribution in [0.15, 0.2) is 28.8 Å². The summed E-state index contributed by atoms with van der Waals surface area (Å²) in [6.07, 6.45) is 1.53. The summed E-state index contributed by atoms with van der Waals surface area (Å²) in [5.41, 5.74) is 1.81. The number of aromatic nitrogens is 4. The van der Waals surface area contributed by atoms with Gasteiger partial charge in [0.2, 0.25) is 5.92 Å². The third-order valence-electron chi connectivity index (χ3n) is 6.97. The van der Waals surface area contributed by atoms with Crippen LogP contribution in [0.25, 0.3) is 11.5 Å². The summed E-state index contributed by atoms with van der Waals surface area (Å²) in [5, 5.41) is 12.8. The number of hydrogen-bond donors (Lipinski definition) is 0. The lowest BCUT2D eigenvalue weighted by Crippen LogP contribution is -2.23. The third kappa shape index (κ3) is 4.90. The van der Waals surface area contributed by atoms with Gasteiger partial charge in [-0.2, -0.15) is 0 Å². The van der Waals surface area contributed by atoms with Gasteiger partial charge in [0.15, 0.2) is 11.5 Å². The molecular weight excluding hydrogens is 457 g/mol. The van der Waals surface area contributed by atoms with Crippen molar-refractivity contribution >= 4 is 5.78 Å². The van der Waals surface area contributed by atoms with Crippen molar-refractivity contribution in [3.63, 3.8) is 0 Å². The minimum atomic E-state index is -2.97. The van der Waals surface area contributed by atoms with E-state index in [4.69, 9.17) is 4.52 Å². The summed E-state index contributed by atoms with van der Waals surface area (Å²) >= 11 is 0. The number of hydrogen-bond acceptors (Lipinski definition) is 5. The van der Waals surface area contributed by atoms with E-state index in [1.165, 1.54) is 12.1 Å². The number of halogens is 3. The first-order valence-electron chi connectivity index (χ1n) is 12.2. The van der Waals surface area contributed by atoms with Crippen LogP contribution < -0.4 is 0 Å². The number of alkyl halides is 2. The van der Waals surface area contributed by atoms with Gasteiger partial charge in [0.1, 0.15) is 23.2 Å². The molecule has 9 heteroatoms. The number of carbonyl (C=O) groups excluding carboxylic acids is 1. The SMILES string of the molecule is Cc1cc(F)ccc1CC(=O)[C@@H]1CC(F)(F)C[C@H]1c1nnc(-c2cc(CC(C)C)on2)n1C1CC1. The van der Waals surface area contributed by atoms with Crippen LogP contribution in [0.3, 0.4) is 0 Å². The van der Waals surface area contributed by atoms with Crippen molar-refractivity contribution in [2.24, 2.45) is 11.8 Å². The van der Waals surface area contributed by atoms with Gasteiger partial charge in [0.05, 0.1) is 0 Å². The number of Topliss-reactive ketones (excluding diaryl/α,β-unsaturated/α-hetero) is 1. The average molecular weight is 487 g/mol. The lowest BCUT2D eigenvalue weighted by Gasteiger charge is -2.19. The number of rotatable bonds is 8. The largest absolute Gasteiger partial charge is 0.361 e. The summed E-state index contributed by atoms with van der Waals surface area (Å²) in [4.78, 5) is 13.3. The predicted molar refractivity (Wildman–Crippen MR) is 123 cm³/mol. The van der Waals surface area contributed by atoms with Gasteiger partial charge < -0.3 is 9.09 Å². The normalized spacial score (nSPS) is 21.7. The molecule has 0 aliphatic heterocycles. The summed E-state index contributed by atoms with van der Waals surface area (Å²) in [5.74, 6) is -3.24. The quantitative estimate of drug-likeness (QED) is 0.399. The second-order valence-electron chi connectivity index (χ2n) is 10.5. The van der Waals surface area contributed by atoms with Crippen molar-refractivity contribution in [3.05, 3.63) is 52.8 Å². The van der Waals surface area contributed by atoms with E-state index in [9.17, 15) is 18.0 Å². The van der Waals surface area contributed by atoms with Crippen molar-refractivity contribution < 1.29 is 22.5 Å². The van der Waals surface area contributed by atoms with Gasteiger partial charge in [-0.05, 0) is 48.9 Å². The lowest BCUT2D eigenvalue weighted by atomic mass is 9.87. The Labute approximate surface area is 201 Å².